The van der Waals surface area contributed by atoms with Gasteiger partial charge in [-0.15, -0.1) is 0 Å². The molecule has 2 aromatic rings. The van der Waals surface area contributed by atoms with Gasteiger partial charge in [0.1, 0.15) is 0 Å². The Labute approximate surface area is 157 Å². The van der Waals surface area contributed by atoms with Crippen molar-refractivity contribution in [3.63, 3.8) is 0 Å². The molecule has 2 rings (SSSR count). The maximum Gasteiger partial charge on any atom is 0.220 e. The van der Waals surface area contributed by atoms with E-state index in [0.29, 0.717) is 11.4 Å². The normalized spacial score (nSPS) is 14.6. The SMILES string of the molecule is CC(CCC(=NO)c1ccccc1)(CCC(=NO)c1ccccc1)[N+](=O)[O-]. The van der Waals surface area contributed by atoms with Crippen molar-refractivity contribution in [3.8, 4) is 0 Å². The van der Waals surface area contributed by atoms with Crippen LogP contribution >= 0.6 is 0 Å². The molecule has 7 heteroatoms. The van der Waals surface area contributed by atoms with Crippen molar-refractivity contribution in [2.75, 3.05) is 0 Å². The van der Waals surface area contributed by atoms with Gasteiger partial charge in [0.2, 0.25) is 5.54 Å². The van der Waals surface area contributed by atoms with Crippen LogP contribution in [0.4, 0.5) is 0 Å². The molecule has 0 spiro atoms. The first-order valence-corrected chi connectivity index (χ1v) is 8.67. The second-order valence-corrected chi connectivity index (χ2v) is 6.58. The quantitative estimate of drug-likeness (QED) is 0.296. The lowest BCUT2D eigenvalue weighted by atomic mass is 9.87. The van der Waals surface area contributed by atoms with Crippen molar-refractivity contribution < 1.29 is 15.3 Å². The molecule has 0 aliphatic carbocycles. The zero-order valence-electron chi connectivity index (χ0n) is 15.2. The van der Waals surface area contributed by atoms with Crippen LogP contribution in [0.1, 0.15) is 43.7 Å². The molecule has 0 saturated heterocycles. The van der Waals surface area contributed by atoms with Crippen LogP contribution in [-0.2, 0) is 0 Å². The van der Waals surface area contributed by atoms with Gasteiger partial charge in [0.05, 0.1) is 11.4 Å². The number of benzene rings is 2. The molecule has 0 amide bonds. The molecule has 0 aromatic heterocycles. The van der Waals surface area contributed by atoms with Crippen molar-refractivity contribution in [3.05, 3.63) is 81.9 Å². The summed E-state index contributed by atoms with van der Waals surface area (Å²) in [6.07, 6.45) is 0.910. The van der Waals surface area contributed by atoms with Crippen molar-refractivity contribution in [1.29, 1.82) is 0 Å². The lowest BCUT2D eigenvalue weighted by Crippen LogP contribution is -2.36. The first-order valence-electron chi connectivity index (χ1n) is 8.67. The van der Waals surface area contributed by atoms with Crippen molar-refractivity contribution in [2.24, 2.45) is 10.3 Å². The average Bonchev–Trinajstić information content (AvgIpc) is 2.70. The van der Waals surface area contributed by atoms with Crippen LogP contribution in [0.25, 0.3) is 0 Å². The molecule has 0 atom stereocenters. The molecule has 0 saturated carbocycles. The summed E-state index contributed by atoms with van der Waals surface area (Å²) < 4.78 is 0. The highest BCUT2D eigenvalue weighted by molar-refractivity contribution is 6.00. The average molecular weight is 369 g/mol. The fourth-order valence-corrected chi connectivity index (χ4v) is 2.85. The highest BCUT2D eigenvalue weighted by Gasteiger charge is 2.37. The molecule has 142 valence electrons. The Hall–Kier alpha value is -3.22. The number of nitrogens with zero attached hydrogens (tertiary/aromatic N) is 3. The fraction of sp³-hybridized carbons (Fsp3) is 0.300. The van der Waals surface area contributed by atoms with Crippen molar-refractivity contribution >= 4 is 11.4 Å². The van der Waals surface area contributed by atoms with E-state index < -0.39 is 5.54 Å². The molecule has 2 aromatic carbocycles. The minimum absolute atomic E-state index is 0.196. The maximum atomic E-state index is 11.7. The molecule has 0 bridgehead atoms. The van der Waals surface area contributed by atoms with E-state index in [1.54, 1.807) is 31.2 Å². The summed E-state index contributed by atoms with van der Waals surface area (Å²) in [6, 6.07) is 18.1. The Morgan fingerprint density at radius 2 is 1.26 bits per heavy atom. The molecule has 27 heavy (non-hydrogen) atoms. The molecular formula is C20H23N3O4. The number of hydrogen-bond donors (Lipinski definition) is 2. The molecule has 0 aliphatic heterocycles. The van der Waals surface area contributed by atoms with Gasteiger partial charge in [0.15, 0.2) is 0 Å². The Morgan fingerprint density at radius 1 is 0.889 bits per heavy atom. The zero-order valence-corrected chi connectivity index (χ0v) is 15.2. The topological polar surface area (TPSA) is 108 Å². The lowest BCUT2D eigenvalue weighted by Gasteiger charge is -2.21. The van der Waals surface area contributed by atoms with Crippen LogP contribution in [0, 0.1) is 10.1 Å². The summed E-state index contributed by atoms with van der Waals surface area (Å²) in [7, 11) is 0. The first-order chi connectivity index (χ1) is 13.0. The second-order valence-electron chi connectivity index (χ2n) is 6.58. The third-order valence-electron chi connectivity index (χ3n) is 4.70. The summed E-state index contributed by atoms with van der Waals surface area (Å²) in [4.78, 5) is 11.4. The summed E-state index contributed by atoms with van der Waals surface area (Å²) in [5.74, 6) is 0. The number of hydrogen-bond acceptors (Lipinski definition) is 6. The van der Waals surface area contributed by atoms with E-state index >= 15 is 0 Å². The van der Waals surface area contributed by atoms with E-state index in [-0.39, 0.29) is 30.6 Å². The van der Waals surface area contributed by atoms with Crippen molar-refractivity contribution in [2.45, 2.75) is 38.1 Å². The van der Waals surface area contributed by atoms with Gasteiger partial charge in [0.25, 0.3) is 0 Å². The molecule has 0 aliphatic rings. The van der Waals surface area contributed by atoms with Gasteiger partial charge < -0.3 is 10.4 Å². The maximum absolute atomic E-state index is 11.7. The smallest absolute Gasteiger partial charge is 0.220 e. The van der Waals surface area contributed by atoms with E-state index in [1.165, 1.54) is 0 Å². The minimum atomic E-state index is -1.24. The predicted octanol–water partition coefficient (Wildman–Crippen LogP) is 4.34. The highest BCUT2D eigenvalue weighted by atomic mass is 16.6. The largest absolute Gasteiger partial charge is 0.411 e. The van der Waals surface area contributed by atoms with Crippen LogP contribution in [0.5, 0.6) is 0 Å². The van der Waals surface area contributed by atoms with Crippen LogP contribution in [0.15, 0.2) is 71.0 Å². The standard InChI is InChI=1S/C20H23N3O4/c1-20(23(26)27,14-12-18(21-24)16-8-4-2-5-9-16)15-13-19(22-25)17-10-6-3-7-11-17/h2-11,24-25H,12-15H2,1H3. The first kappa shape index (κ1) is 20.1. The minimum Gasteiger partial charge on any atom is -0.411 e. The van der Waals surface area contributed by atoms with Gasteiger partial charge in [-0.3, -0.25) is 10.1 Å². The Balaban J connectivity index is 2.07. The Morgan fingerprint density at radius 3 is 1.56 bits per heavy atom. The van der Waals surface area contributed by atoms with E-state index in [9.17, 15) is 20.5 Å². The van der Waals surface area contributed by atoms with Crippen molar-refractivity contribution in [1.82, 2.24) is 0 Å². The zero-order chi connectivity index (χ0) is 19.7. The molecule has 0 radical (unpaired) electrons. The predicted molar refractivity (Wildman–Crippen MR) is 103 cm³/mol. The monoisotopic (exact) mass is 369 g/mol. The van der Waals surface area contributed by atoms with Gasteiger partial charge in [0, 0.05) is 37.5 Å². The number of oxime groups is 2. The highest BCUT2D eigenvalue weighted by Crippen LogP contribution is 2.25. The summed E-state index contributed by atoms with van der Waals surface area (Å²) in [6.45, 7) is 1.56. The second kappa shape index (κ2) is 9.47. The molecule has 0 unspecified atom stereocenters. The van der Waals surface area contributed by atoms with Gasteiger partial charge in [-0.05, 0) is 11.1 Å². The summed E-state index contributed by atoms with van der Waals surface area (Å²) >= 11 is 0. The van der Waals surface area contributed by atoms with Crippen LogP contribution in [0.2, 0.25) is 0 Å². The van der Waals surface area contributed by atoms with Crippen LogP contribution in [0.3, 0.4) is 0 Å². The van der Waals surface area contributed by atoms with Gasteiger partial charge >= 0.3 is 0 Å². The molecule has 7 nitrogen and oxygen atoms in total. The Bertz CT molecular complexity index is 745. The van der Waals surface area contributed by atoms with E-state index in [2.05, 4.69) is 10.3 Å². The molecular weight excluding hydrogens is 346 g/mol. The number of rotatable bonds is 9. The fourth-order valence-electron chi connectivity index (χ4n) is 2.85. The van der Waals surface area contributed by atoms with Gasteiger partial charge in [-0.1, -0.05) is 71.0 Å². The van der Waals surface area contributed by atoms with E-state index in [1.807, 2.05) is 36.4 Å². The molecule has 0 heterocycles. The van der Waals surface area contributed by atoms with Gasteiger partial charge in [-0.25, -0.2) is 0 Å². The molecule has 2 N–H and O–H groups in total. The lowest BCUT2D eigenvalue weighted by molar-refractivity contribution is -0.567. The van der Waals surface area contributed by atoms with Crippen LogP contribution in [-0.4, -0.2) is 32.3 Å². The van der Waals surface area contributed by atoms with Crippen LogP contribution < -0.4 is 0 Å². The third kappa shape index (κ3) is 5.37. The summed E-state index contributed by atoms with van der Waals surface area (Å²) in [5.41, 5.74) is 1.03. The molecule has 0 fully saturated rings. The Kier molecular flexibility index (Phi) is 7.05. The number of nitro groups is 1. The third-order valence-corrected chi connectivity index (χ3v) is 4.70. The van der Waals surface area contributed by atoms with E-state index in [0.717, 1.165) is 11.1 Å². The summed E-state index contributed by atoms with van der Waals surface area (Å²) in [5, 5.41) is 36.9. The van der Waals surface area contributed by atoms with E-state index in [4.69, 9.17) is 0 Å². The van der Waals surface area contributed by atoms with Gasteiger partial charge in [-0.2, -0.15) is 0 Å².